The Morgan fingerprint density at radius 2 is 2.11 bits per heavy atom. The largest absolute Gasteiger partial charge is 0.384 e. The number of anilines is 1. The number of carbonyl (C=O) groups is 1. The molecule has 2 rings (SSSR count). The van der Waals surface area contributed by atoms with Gasteiger partial charge in [-0.25, -0.2) is 0 Å². The van der Waals surface area contributed by atoms with Gasteiger partial charge in [-0.1, -0.05) is 25.8 Å². The van der Waals surface area contributed by atoms with Crippen LogP contribution >= 0.6 is 0 Å². The Morgan fingerprint density at radius 1 is 1.32 bits per heavy atom. The summed E-state index contributed by atoms with van der Waals surface area (Å²) >= 11 is 0. The van der Waals surface area contributed by atoms with Crippen molar-refractivity contribution >= 4 is 11.6 Å². The van der Waals surface area contributed by atoms with Crippen molar-refractivity contribution in [3.63, 3.8) is 0 Å². The predicted octanol–water partition coefficient (Wildman–Crippen LogP) is 3.35. The minimum Gasteiger partial charge on any atom is -0.384 e. The molecule has 0 saturated heterocycles. The van der Waals surface area contributed by atoms with Crippen LogP contribution in [0.5, 0.6) is 0 Å². The molecule has 0 bridgehead atoms. The average Bonchev–Trinajstić information content (AvgIpc) is 3.20. The maximum Gasteiger partial charge on any atom is 0.253 e. The van der Waals surface area contributed by atoms with Gasteiger partial charge in [0.25, 0.3) is 5.91 Å². The van der Waals surface area contributed by atoms with Gasteiger partial charge in [0, 0.05) is 18.8 Å². The second-order valence-electron chi connectivity index (χ2n) is 5.46. The quantitative estimate of drug-likeness (QED) is 0.789. The lowest BCUT2D eigenvalue weighted by molar-refractivity contribution is 0.0953. The van der Waals surface area contributed by atoms with Crippen LogP contribution in [0.1, 0.15) is 48.5 Å². The van der Waals surface area contributed by atoms with E-state index in [1.54, 1.807) is 0 Å². The molecule has 3 heteroatoms. The monoisotopic (exact) mass is 260 g/mol. The Morgan fingerprint density at radius 3 is 2.79 bits per heavy atom. The van der Waals surface area contributed by atoms with E-state index in [2.05, 4.69) is 17.6 Å². The van der Waals surface area contributed by atoms with Crippen molar-refractivity contribution in [2.24, 2.45) is 5.92 Å². The number of hydrogen-bond donors (Lipinski definition) is 2. The summed E-state index contributed by atoms with van der Waals surface area (Å²) in [4.78, 5) is 12.2. The van der Waals surface area contributed by atoms with E-state index < -0.39 is 0 Å². The Balaban J connectivity index is 1.97. The van der Waals surface area contributed by atoms with Gasteiger partial charge >= 0.3 is 0 Å². The summed E-state index contributed by atoms with van der Waals surface area (Å²) in [6.45, 7) is 5.86. The molecule has 0 heterocycles. The Hall–Kier alpha value is -1.51. The van der Waals surface area contributed by atoms with Crippen molar-refractivity contribution in [1.29, 1.82) is 0 Å². The maximum atomic E-state index is 12.2. The van der Waals surface area contributed by atoms with Gasteiger partial charge in [0.2, 0.25) is 0 Å². The van der Waals surface area contributed by atoms with Gasteiger partial charge in [0.15, 0.2) is 0 Å². The first-order valence-electron chi connectivity index (χ1n) is 7.33. The number of carbonyl (C=O) groups excluding carboxylic acids is 1. The van der Waals surface area contributed by atoms with E-state index in [9.17, 15) is 4.79 Å². The molecule has 1 fully saturated rings. The van der Waals surface area contributed by atoms with Gasteiger partial charge in [-0.15, -0.1) is 0 Å². The van der Waals surface area contributed by atoms with Crippen molar-refractivity contribution < 1.29 is 4.79 Å². The smallest absolute Gasteiger partial charge is 0.253 e. The topological polar surface area (TPSA) is 41.1 Å². The zero-order chi connectivity index (χ0) is 13.7. The average molecular weight is 260 g/mol. The fraction of sp³-hybridized carbons (Fsp3) is 0.562. The van der Waals surface area contributed by atoms with Crippen molar-refractivity contribution in [1.82, 2.24) is 5.32 Å². The van der Waals surface area contributed by atoms with Crippen molar-refractivity contribution in [3.05, 3.63) is 29.3 Å². The van der Waals surface area contributed by atoms with Crippen LogP contribution in [-0.2, 0) is 0 Å². The van der Waals surface area contributed by atoms with Crippen LogP contribution < -0.4 is 10.6 Å². The summed E-state index contributed by atoms with van der Waals surface area (Å²) in [5.74, 6) is 0.898. The Kier molecular flexibility index (Phi) is 4.83. The number of nitrogens with one attached hydrogen (secondary N) is 2. The molecule has 1 saturated carbocycles. The number of amides is 1. The van der Waals surface area contributed by atoms with E-state index in [1.807, 2.05) is 25.1 Å². The highest BCUT2D eigenvalue weighted by molar-refractivity contribution is 5.99. The fourth-order valence-electron chi connectivity index (χ4n) is 2.15. The van der Waals surface area contributed by atoms with Crippen LogP contribution in [-0.4, -0.2) is 19.0 Å². The van der Waals surface area contributed by atoms with Gasteiger partial charge in [0.1, 0.15) is 0 Å². The van der Waals surface area contributed by atoms with Gasteiger partial charge in [-0.05, 0) is 43.4 Å². The summed E-state index contributed by atoms with van der Waals surface area (Å²) in [6.07, 6.45) is 4.85. The second-order valence-corrected chi connectivity index (χ2v) is 5.46. The number of aryl methyl sites for hydroxylation is 1. The maximum absolute atomic E-state index is 12.2. The third-order valence-electron chi connectivity index (χ3n) is 3.52. The third-order valence-corrected chi connectivity index (χ3v) is 3.52. The summed E-state index contributed by atoms with van der Waals surface area (Å²) in [5.41, 5.74) is 2.88. The third kappa shape index (κ3) is 4.27. The molecule has 0 aliphatic heterocycles. The van der Waals surface area contributed by atoms with Gasteiger partial charge in [0.05, 0.1) is 5.56 Å². The highest BCUT2D eigenvalue weighted by Crippen LogP contribution is 2.31. The lowest BCUT2D eigenvalue weighted by Gasteiger charge is -2.12. The molecule has 1 amide bonds. The molecular weight excluding hydrogens is 236 g/mol. The number of rotatable bonds is 7. The predicted molar refractivity (Wildman–Crippen MR) is 79.6 cm³/mol. The molecule has 1 aliphatic rings. The second kappa shape index (κ2) is 6.60. The fourth-order valence-corrected chi connectivity index (χ4v) is 2.15. The molecule has 0 spiro atoms. The molecule has 1 aliphatic carbocycles. The van der Waals surface area contributed by atoms with Crippen LogP contribution in [0.15, 0.2) is 18.2 Å². The summed E-state index contributed by atoms with van der Waals surface area (Å²) < 4.78 is 0. The van der Waals surface area contributed by atoms with Crippen molar-refractivity contribution in [2.45, 2.75) is 39.5 Å². The number of benzene rings is 1. The van der Waals surface area contributed by atoms with Crippen molar-refractivity contribution in [3.8, 4) is 0 Å². The van der Waals surface area contributed by atoms with Gasteiger partial charge in [-0.3, -0.25) is 4.79 Å². The van der Waals surface area contributed by atoms with Crippen LogP contribution in [0.4, 0.5) is 5.69 Å². The Bertz CT molecular complexity index is 438. The molecule has 1 aromatic carbocycles. The SMILES string of the molecule is CCCNc1cc(C)ccc1C(=O)NCCC1CC1. The minimum atomic E-state index is 0.0410. The van der Waals surface area contributed by atoms with E-state index in [0.29, 0.717) is 0 Å². The van der Waals surface area contributed by atoms with E-state index >= 15 is 0 Å². The van der Waals surface area contributed by atoms with Crippen LogP contribution in [0.3, 0.4) is 0 Å². The Labute approximate surface area is 115 Å². The lowest BCUT2D eigenvalue weighted by Crippen LogP contribution is -2.25. The van der Waals surface area contributed by atoms with Crippen LogP contribution in [0.25, 0.3) is 0 Å². The first-order valence-corrected chi connectivity index (χ1v) is 7.33. The van der Waals surface area contributed by atoms with Gasteiger partial charge in [-0.2, -0.15) is 0 Å². The zero-order valence-electron chi connectivity index (χ0n) is 12.0. The van der Waals surface area contributed by atoms with Crippen LogP contribution in [0.2, 0.25) is 0 Å². The van der Waals surface area contributed by atoms with Crippen molar-refractivity contribution in [2.75, 3.05) is 18.4 Å². The molecule has 3 nitrogen and oxygen atoms in total. The summed E-state index contributed by atoms with van der Waals surface area (Å²) in [7, 11) is 0. The molecule has 19 heavy (non-hydrogen) atoms. The highest BCUT2D eigenvalue weighted by atomic mass is 16.1. The van der Waals surface area contributed by atoms with E-state index in [-0.39, 0.29) is 5.91 Å². The molecule has 104 valence electrons. The molecule has 2 N–H and O–H groups in total. The van der Waals surface area contributed by atoms with E-state index in [0.717, 1.165) is 43.1 Å². The van der Waals surface area contributed by atoms with E-state index in [4.69, 9.17) is 0 Å². The molecule has 0 atom stereocenters. The molecule has 0 radical (unpaired) electrons. The first kappa shape index (κ1) is 13.9. The molecule has 0 unspecified atom stereocenters. The zero-order valence-corrected chi connectivity index (χ0v) is 12.0. The lowest BCUT2D eigenvalue weighted by atomic mass is 10.1. The number of hydrogen-bond acceptors (Lipinski definition) is 2. The normalized spacial score (nSPS) is 14.2. The molecule has 1 aromatic rings. The minimum absolute atomic E-state index is 0.0410. The highest BCUT2D eigenvalue weighted by Gasteiger charge is 2.21. The first-order chi connectivity index (χ1) is 9.20. The molecule has 0 aromatic heterocycles. The van der Waals surface area contributed by atoms with Crippen LogP contribution in [0, 0.1) is 12.8 Å². The van der Waals surface area contributed by atoms with E-state index in [1.165, 1.54) is 18.4 Å². The molecular formula is C16H24N2O. The van der Waals surface area contributed by atoms with Gasteiger partial charge < -0.3 is 10.6 Å². The summed E-state index contributed by atoms with van der Waals surface area (Å²) in [6, 6.07) is 5.96. The summed E-state index contributed by atoms with van der Waals surface area (Å²) in [5, 5.41) is 6.36. The standard InChI is InChI=1S/C16H24N2O/c1-3-9-17-15-11-12(2)4-7-14(15)16(19)18-10-8-13-5-6-13/h4,7,11,13,17H,3,5-6,8-10H2,1-2H3,(H,18,19).